The molecule has 89 heavy (non-hydrogen) atoms. The van der Waals surface area contributed by atoms with E-state index in [0.29, 0.717) is 31.6 Å². The zero-order valence-corrected chi connectivity index (χ0v) is 59.5. The van der Waals surface area contributed by atoms with Crippen LogP contribution in [-0.2, 0) is 65.4 Å². The lowest BCUT2D eigenvalue weighted by Gasteiger charge is -2.21. The summed E-state index contributed by atoms with van der Waals surface area (Å²) in [6.45, 7) is 9.50. The number of carbonyl (C=O) groups excluding carboxylic acids is 4. The molecule has 0 aliphatic carbocycles. The van der Waals surface area contributed by atoms with E-state index in [9.17, 15) is 43.2 Å². The quantitative estimate of drug-likeness (QED) is 0.0222. The molecule has 3 N–H and O–H groups in total. The Morgan fingerprint density at radius 2 is 0.573 bits per heavy atom. The van der Waals surface area contributed by atoms with Crippen LogP contribution in [-0.4, -0.2) is 96.7 Å². The maximum absolute atomic E-state index is 13.0. The van der Waals surface area contributed by atoms with E-state index >= 15 is 0 Å². The minimum atomic E-state index is -4.95. The van der Waals surface area contributed by atoms with Crippen LogP contribution in [0.5, 0.6) is 0 Å². The Morgan fingerprint density at radius 3 is 0.854 bits per heavy atom. The van der Waals surface area contributed by atoms with E-state index in [1.807, 2.05) is 0 Å². The van der Waals surface area contributed by atoms with Crippen molar-refractivity contribution in [2.24, 2.45) is 11.8 Å². The number of unbranched alkanes of at least 4 members (excludes halogenated alkanes) is 38. The van der Waals surface area contributed by atoms with Gasteiger partial charge >= 0.3 is 39.5 Å². The highest BCUT2D eigenvalue weighted by Gasteiger charge is 2.30. The molecule has 0 saturated heterocycles. The van der Waals surface area contributed by atoms with Crippen LogP contribution in [0, 0.1) is 11.8 Å². The Morgan fingerprint density at radius 1 is 0.326 bits per heavy atom. The highest BCUT2D eigenvalue weighted by atomic mass is 31.2. The van der Waals surface area contributed by atoms with E-state index in [1.54, 1.807) is 0 Å². The van der Waals surface area contributed by atoms with Crippen LogP contribution in [0.3, 0.4) is 0 Å². The number of aliphatic hydroxyl groups is 1. The van der Waals surface area contributed by atoms with Crippen LogP contribution < -0.4 is 0 Å². The lowest BCUT2D eigenvalue weighted by atomic mass is 9.99. The van der Waals surface area contributed by atoms with Crippen molar-refractivity contribution < 1.29 is 80.2 Å². The second-order valence-corrected chi connectivity index (χ2v) is 28.9. The Hall–Kier alpha value is -1.94. The lowest BCUT2D eigenvalue weighted by molar-refractivity contribution is -0.161. The molecule has 0 spiro atoms. The summed E-state index contributed by atoms with van der Waals surface area (Å²) < 4.78 is 68.1. The van der Waals surface area contributed by atoms with Crippen LogP contribution >= 0.6 is 15.6 Å². The second kappa shape index (κ2) is 62.2. The molecule has 528 valence electrons. The van der Waals surface area contributed by atoms with Gasteiger partial charge in [-0.25, -0.2) is 9.13 Å². The number of carbonyl (C=O) groups is 4. The van der Waals surface area contributed by atoms with Gasteiger partial charge in [0.2, 0.25) is 0 Å². The van der Waals surface area contributed by atoms with E-state index in [2.05, 4.69) is 41.5 Å². The van der Waals surface area contributed by atoms with Crippen molar-refractivity contribution in [3.05, 3.63) is 0 Å². The zero-order chi connectivity index (χ0) is 65.7. The van der Waals surface area contributed by atoms with E-state index in [1.165, 1.54) is 154 Å². The summed E-state index contributed by atoms with van der Waals surface area (Å²) in [4.78, 5) is 72.3. The third-order valence-corrected chi connectivity index (χ3v) is 18.5. The molecule has 0 fully saturated rings. The predicted octanol–water partition coefficient (Wildman–Crippen LogP) is 20.0. The average Bonchev–Trinajstić information content (AvgIpc) is 3.72. The molecule has 0 saturated carbocycles. The second-order valence-electron chi connectivity index (χ2n) is 26.0. The van der Waals surface area contributed by atoms with Gasteiger partial charge in [0.25, 0.3) is 0 Å². The SMILES string of the molecule is CCCCCCCCCCCCC(=O)O[C@H](COC(=O)CCCCCCCCC)COP(=O)(O)OC[C@H](O)COP(=O)(O)OC[C@@H](COC(=O)CCCCCCCCCC(C)C)OC(=O)CCCCCCCCCCCCCCCCCCCCC(C)CC. The summed E-state index contributed by atoms with van der Waals surface area (Å²) in [6, 6.07) is 0. The number of rotatable bonds is 69. The van der Waals surface area contributed by atoms with Gasteiger partial charge in [-0.05, 0) is 37.5 Å². The van der Waals surface area contributed by atoms with Crippen molar-refractivity contribution in [3.8, 4) is 0 Å². The van der Waals surface area contributed by atoms with Crippen molar-refractivity contribution in [1.29, 1.82) is 0 Å². The van der Waals surface area contributed by atoms with E-state index in [0.717, 1.165) is 115 Å². The largest absolute Gasteiger partial charge is 0.472 e. The first-order chi connectivity index (χ1) is 42.9. The van der Waals surface area contributed by atoms with E-state index in [-0.39, 0.29) is 25.7 Å². The highest BCUT2D eigenvalue weighted by Crippen LogP contribution is 2.45. The fourth-order valence-electron chi connectivity index (χ4n) is 10.6. The molecule has 3 unspecified atom stereocenters. The molecule has 0 aromatic rings. The van der Waals surface area contributed by atoms with Crippen molar-refractivity contribution in [1.82, 2.24) is 0 Å². The van der Waals surface area contributed by atoms with Gasteiger partial charge in [0.1, 0.15) is 19.3 Å². The molecular weight excluding hydrogens is 1170 g/mol. The fraction of sp³-hybridized carbons (Fsp3) is 0.943. The minimum absolute atomic E-state index is 0.106. The molecule has 0 aliphatic rings. The fourth-order valence-corrected chi connectivity index (χ4v) is 12.1. The molecule has 17 nitrogen and oxygen atoms in total. The number of hydrogen-bond acceptors (Lipinski definition) is 15. The molecule has 0 heterocycles. The molecule has 0 aliphatic heterocycles. The molecule has 0 amide bonds. The zero-order valence-electron chi connectivity index (χ0n) is 57.7. The summed E-state index contributed by atoms with van der Waals surface area (Å²) in [6.07, 6.45) is 47.5. The van der Waals surface area contributed by atoms with Gasteiger partial charge in [0, 0.05) is 25.7 Å². The Bertz CT molecular complexity index is 1740. The number of phosphoric ester groups is 2. The van der Waals surface area contributed by atoms with Crippen molar-refractivity contribution in [2.45, 2.75) is 374 Å². The summed E-state index contributed by atoms with van der Waals surface area (Å²) in [7, 11) is -9.89. The summed E-state index contributed by atoms with van der Waals surface area (Å²) >= 11 is 0. The third-order valence-electron chi connectivity index (χ3n) is 16.6. The molecule has 0 rings (SSSR count). The maximum atomic E-state index is 13.0. The van der Waals surface area contributed by atoms with Gasteiger partial charge in [-0.15, -0.1) is 0 Å². The minimum Gasteiger partial charge on any atom is -0.462 e. The summed E-state index contributed by atoms with van der Waals surface area (Å²) in [5, 5.41) is 10.6. The van der Waals surface area contributed by atoms with Crippen LogP contribution in [0.25, 0.3) is 0 Å². The summed E-state index contributed by atoms with van der Waals surface area (Å²) in [5.41, 5.74) is 0. The lowest BCUT2D eigenvalue weighted by Crippen LogP contribution is -2.30. The van der Waals surface area contributed by atoms with Crippen LogP contribution in [0.2, 0.25) is 0 Å². The highest BCUT2D eigenvalue weighted by molar-refractivity contribution is 7.47. The smallest absolute Gasteiger partial charge is 0.462 e. The first-order valence-electron chi connectivity index (χ1n) is 36.5. The predicted molar refractivity (Wildman–Crippen MR) is 358 cm³/mol. The van der Waals surface area contributed by atoms with Gasteiger partial charge in [0.05, 0.1) is 26.4 Å². The number of phosphoric acid groups is 2. The van der Waals surface area contributed by atoms with Crippen molar-refractivity contribution >= 4 is 39.5 Å². The number of aliphatic hydroxyl groups excluding tert-OH is 1. The third kappa shape index (κ3) is 63.2. The number of hydrogen-bond donors (Lipinski definition) is 3. The maximum Gasteiger partial charge on any atom is 0.472 e. The Kier molecular flexibility index (Phi) is 60.8. The van der Waals surface area contributed by atoms with E-state index < -0.39 is 97.5 Å². The summed E-state index contributed by atoms with van der Waals surface area (Å²) in [5.74, 6) is -0.556. The van der Waals surface area contributed by atoms with Crippen LogP contribution in [0.15, 0.2) is 0 Å². The Balaban J connectivity index is 5.10. The molecule has 0 radical (unpaired) electrons. The van der Waals surface area contributed by atoms with Gasteiger partial charge in [-0.3, -0.25) is 37.3 Å². The topological polar surface area (TPSA) is 237 Å². The molecule has 6 atom stereocenters. The van der Waals surface area contributed by atoms with Gasteiger partial charge in [0.15, 0.2) is 12.2 Å². The van der Waals surface area contributed by atoms with Crippen LogP contribution in [0.1, 0.15) is 356 Å². The number of esters is 4. The van der Waals surface area contributed by atoms with Gasteiger partial charge < -0.3 is 33.8 Å². The molecular formula is C70H136O17P2. The monoisotopic (exact) mass is 1310 g/mol. The molecule has 0 aromatic heterocycles. The molecule has 0 aromatic carbocycles. The van der Waals surface area contributed by atoms with Gasteiger partial charge in [-0.1, -0.05) is 305 Å². The van der Waals surface area contributed by atoms with E-state index in [4.69, 9.17) is 37.0 Å². The molecule has 0 bridgehead atoms. The Labute approximate surface area is 543 Å². The number of ether oxygens (including phenoxy) is 4. The van der Waals surface area contributed by atoms with Gasteiger partial charge in [-0.2, -0.15) is 0 Å². The van der Waals surface area contributed by atoms with Crippen LogP contribution in [0.4, 0.5) is 0 Å². The normalized spacial score (nSPS) is 14.4. The first kappa shape index (κ1) is 87.1. The van der Waals surface area contributed by atoms with Crippen molar-refractivity contribution in [2.75, 3.05) is 39.6 Å². The van der Waals surface area contributed by atoms with Crippen molar-refractivity contribution in [3.63, 3.8) is 0 Å². The average molecular weight is 1310 g/mol. The molecule has 19 heteroatoms. The standard InChI is InChI=1S/C70H136O17P2/c1-7-10-12-14-16-17-29-35-42-48-54-69(74)86-65(58-80-67(72)52-46-40-32-15-13-11-8-2)60-84-88(76,77)82-56-64(71)57-83-89(78,79)85-61-66(59-81-68(73)53-47-41-37-31-33-38-44-50-62(4)5)87-70(75)55-49-43-36-30-27-25-23-21-19-18-20-22-24-26-28-34-39-45-51-63(6)9-3/h62-66,71H,7-61H2,1-6H3,(H,76,77)(H,78,79)/t63?,64-,65+,66+/m0/s1. The first-order valence-corrected chi connectivity index (χ1v) is 39.5.